The average molecular weight is 284 g/mol. The van der Waals surface area contributed by atoms with Gasteiger partial charge < -0.3 is 15.3 Å². The average Bonchev–Trinajstić information content (AvgIpc) is 2.57. The van der Waals surface area contributed by atoms with Gasteiger partial charge in [-0.3, -0.25) is 4.79 Å². The summed E-state index contributed by atoms with van der Waals surface area (Å²) in [5.74, 6) is -0.0610. The Morgan fingerprint density at radius 3 is 2.81 bits per heavy atom. The van der Waals surface area contributed by atoms with Gasteiger partial charge in [-0.25, -0.2) is 4.79 Å². The fraction of sp³-hybridized carbons (Fsp3) is 0.200. The predicted molar refractivity (Wildman–Crippen MR) is 66.0 cm³/mol. The number of fused-ring (bicyclic) bond motifs is 1. The Bertz CT molecular complexity index is 573. The van der Waals surface area contributed by atoms with Gasteiger partial charge in [-0.15, -0.1) is 0 Å². The fourth-order valence-corrected chi connectivity index (χ4v) is 1.78. The molecule has 0 radical (unpaired) electrons. The summed E-state index contributed by atoms with van der Waals surface area (Å²) in [5.41, 5.74) is 1.83. The van der Waals surface area contributed by atoms with Gasteiger partial charge in [0.1, 0.15) is 0 Å². The lowest BCUT2D eigenvalue weighted by Gasteiger charge is -2.03. The lowest BCUT2D eigenvalue weighted by Crippen LogP contribution is -2.11. The number of aromatic nitrogens is 2. The summed E-state index contributed by atoms with van der Waals surface area (Å²) in [6.07, 6.45) is 0.418. The summed E-state index contributed by atoms with van der Waals surface area (Å²) in [6.45, 7) is 0. The van der Waals surface area contributed by atoms with Gasteiger partial charge in [-0.05, 0) is 18.2 Å². The van der Waals surface area contributed by atoms with Gasteiger partial charge in [0.15, 0.2) is 0 Å². The maximum atomic E-state index is 11.3. The summed E-state index contributed by atoms with van der Waals surface area (Å²) in [7, 11) is 0. The smallest absolute Gasteiger partial charge is 0.323 e. The molecule has 2 aromatic rings. The molecule has 16 heavy (non-hydrogen) atoms. The number of imidazole rings is 1. The Morgan fingerprint density at radius 2 is 2.06 bits per heavy atom. The number of carbonyl (C=O) groups excluding carboxylic acids is 1. The highest BCUT2D eigenvalue weighted by atomic mass is 79.9. The van der Waals surface area contributed by atoms with Crippen molar-refractivity contribution in [2.24, 2.45) is 0 Å². The van der Waals surface area contributed by atoms with E-state index >= 15 is 0 Å². The van der Waals surface area contributed by atoms with Crippen molar-refractivity contribution in [1.29, 1.82) is 0 Å². The number of hydrogen-bond donors (Lipinski definition) is 3. The molecule has 1 aromatic heterocycles. The molecular formula is C10H10BrN3O2. The summed E-state index contributed by atoms with van der Waals surface area (Å²) in [4.78, 5) is 27.6. The van der Waals surface area contributed by atoms with E-state index < -0.39 is 0 Å². The Hall–Kier alpha value is -1.56. The molecule has 0 aliphatic carbocycles. The van der Waals surface area contributed by atoms with Crippen LogP contribution in [0.2, 0.25) is 0 Å². The minimum atomic E-state index is -0.251. The first-order valence-electron chi connectivity index (χ1n) is 4.77. The first-order valence-corrected chi connectivity index (χ1v) is 5.89. The van der Waals surface area contributed by atoms with E-state index in [0.717, 1.165) is 5.52 Å². The van der Waals surface area contributed by atoms with Crippen molar-refractivity contribution in [3.05, 3.63) is 28.7 Å². The topological polar surface area (TPSA) is 77.8 Å². The molecule has 1 heterocycles. The van der Waals surface area contributed by atoms with Crippen LogP contribution in [0.15, 0.2) is 23.0 Å². The minimum Gasteiger partial charge on any atom is -0.326 e. The molecule has 0 atom stereocenters. The SMILES string of the molecule is O=C(CCBr)Nc1ccc2[nH]c(=O)[nH]c2c1. The van der Waals surface area contributed by atoms with Gasteiger partial charge in [0.25, 0.3) is 0 Å². The Morgan fingerprint density at radius 1 is 1.31 bits per heavy atom. The predicted octanol–water partition coefficient (Wildman–Crippen LogP) is 1.58. The molecule has 0 aliphatic rings. The number of rotatable bonds is 3. The zero-order chi connectivity index (χ0) is 11.5. The molecule has 3 N–H and O–H groups in total. The van der Waals surface area contributed by atoms with Crippen LogP contribution in [0, 0.1) is 0 Å². The molecule has 0 saturated carbocycles. The molecule has 0 saturated heterocycles. The van der Waals surface area contributed by atoms with Crippen molar-refractivity contribution in [2.45, 2.75) is 6.42 Å². The summed E-state index contributed by atoms with van der Waals surface area (Å²) in [5, 5.41) is 3.37. The number of nitrogens with one attached hydrogen (secondary N) is 3. The summed E-state index contributed by atoms with van der Waals surface area (Å²) < 4.78 is 0. The second-order valence-corrected chi connectivity index (χ2v) is 4.12. The van der Waals surface area contributed by atoms with Crippen LogP contribution >= 0.6 is 15.9 Å². The van der Waals surface area contributed by atoms with Gasteiger partial charge in [0.2, 0.25) is 5.91 Å². The van der Waals surface area contributed by atoms with Crippen LogP contribution in [0.4, 0.5) is 5.69 Å². The number of halogens is 1. The normalized spacial score (nSPS) is 10.6. The first-order chi connectivity index (χ1) is 7.69. The fourth-order valence-electron chi connectivity index (χ4n) is 1.42. The van der Waals surface area contributed by atoms with E-state index in [1.54, 1.807) is 18.2 Å². The maximum Gasteiger partial charge on any atom is 0.323 e. The van der Waals surface area contributed by atoms with Crippen LogP contribution in [-0.4, -0.2) is 21.2 Å². The molecule has 84 valence electrons. The lowest BCUT2D eigenvalue weighted by atomic mass is 10.2. The number of alkyl halides is 1. The summed E-state index contributed by atoms with van der Waals surface area (Å²) in [6, 6.07) is 5.22. The molecule has 0 bridgehead atoms. The number of anilines is 1. The second kappa shape index (κ2) is 4.52. The van der Waals surface area contributed by atoms with E-state index in [4.69, 9.17) is 0 Å². The molecule has 1 aromatic carbocycles. The van der Waals surface area contributed by atoms with Crippen LogP contribution in [0.25, 0.3) is 11.0 Å². The van der Waals surface area contributed by atoms with E-state index in [2.05, 4.69) is 31.2 Å². The van der Waals surface area contributed by atoms with Crippen molar-refractivity contribution in [2.75, 3.05) is 10.6 Å². The van der Waals surface area contributed by atoms with Gasteiger partial charge in [0, 0.05) is 17.4 Å². The third kappa shape index (κ3) is 2.33. The van der Waals surface area contributed by atoms with Crippen LogP contribution in [0.1, 0.15) is 6.42 Å². The van der Waals surface area contributed by atoms with Crippen molar-refractivity contribution in [3.8, 4) is 0 Å². The molecule has 0 aliphatic heterocycles. The van der Waals surface area contributed by atoms with Gasteiger partial charge in [-0.1, -0.05) is 15.9 Å². The van der Waals surface area contributed by atoms with E-state index in [-0.39, 0.29) is 11.6 Å². The van der Waals surface area contributed by atoms with Crippen molar-refractivity contribution in [1.82, 2.24) is 9.97 Å². The van der Waals surface area contributed by atoms with Crippen molar-refractivity contribution < 1.29 is 4.79 Å². The lowest BCUT2D eigenvalue weighted by molar-refractivity contribution is -0.115. The molecular weight excluding hydrogens is 274 g/mol. The van der Waals surface area contributed by atoms with E-state index in [1.807, 2.05) is 0 Å². The largest absolute Gasteiger partial charge is 0.326 e. The quantitative estimate of drug-likeness (QED) is 0.748. The van der Waals surface area contributed by atoms with Crippen LogP contribution in [-0.2, 0) is 4.79 Å². The van der Waals surface area contributed by atoms with Crippen LogP contribution in [0.5, 0.6) is 0 Å². The van der Waals surface area contributed by atoms with Crippen LogP contribution in [0.3, 0.4) is 0 Å². The first kappa shape index (κ1) is 10.9. The standard InChI is InChI=1S/C10H10BrN3O2/c11-4-3-9(15)12-6-1-2-7-8(5-6)14-10(16)13-7/h1-2,5H,3-4H2,(H,12,15)(H2,13,14,16). The highest BCUT2D eigenvalue weighted by Crippen LogP contribution is 2.14. The molecule has 0 unspecified atom stereocenters. The molecule has 0 fully saturated rings. The number of carbonyl (C=O) groups is 1. The van der Waals surface area contributed by atoms with E-state index in [9.17, 15) is 9.59 Å². The minimum absolute atomic E-state index is 0.0610. The van der Waals surface area contributed by atoms with E-state index in [1.165, 1.54) is 0 Å². The zero-order valence-electron chi connectivity index (χ0n) is 8.34. The van der Waals surface area contributed by atoms with Crippen molar-refractivity contribution >= 4 is 38.6 Å². The zero-order valence-corrected chi connectivity index (χ0v) is 9.93. The Kier molecular flexibility index (Phi) is 3.09. The van der Waals surface area contributed by atoms with Gasteiger partial charge >= 0.3 is 5.69 Å². The highest BCUT2D eigenvalue weighted by molar-refractivity contribution is 9.09. The molecule has 5 nitrogen and oxygen atoms in total. The third-order valence-corrected chi connectivity index (χ3v) is 2.52. The Balaban J connectivity index is 2.25. The second-order valence-electron chi connectivity index (χ2n) is 3.33. The van der Waals surface area contributed by atoms with Crippen LogP contribution < -0.4 is 11.0 Å². The molecule has 0 spiro atoms. The highest BCUT2D eigenvalue weighted by Gasteiger charge is 2.03. The molecule has 1 amide bonds. The van der Waals surface area contributed by atoms with Crippen molar-refractivity contribution in [3.63, 3.8) is 0 Å². The van der Waals surface area contributed by atoms with E-state index in [0.29, 0.717) is 23.0 Å². The number of hydrogen-bond acceptors (Lipinski definition) is 2. The summed E-state index contributed by atoms with van der Waals surface area (Å²) >= 11 is 3.19. The number of aromatic amines is 2. The molecule has 6 heteroatoms. The van der Waals surface area contributed by atoms with Gasteiger partial charge in [0.05, 0.1) is 11.0 Å². The monoisotopic (exact) mass is 283 g/mol. The third-order valence-electron chi connectivity index (χ3n) is 2.12. The number of H-pyrrole nitrogens is 2. The maximum absolute atomic E-state index is 11.3. The number of benzene rings is 1. The van der Waals surface area contributed by atoms with Gasteiger partial charge in [-0.2, -0.15) is 0 Å². The Labute approximate surface area is 99.4 Å². The number of amides is 1. The molecule has 2 rings (SSSR count).